The molecule has 0 amide bonds. The molecule has 3 heteroatoms. The molecule has 90 valence electrons. The fourth-order valence-electron chi connectivity index (χ4n) is 2.22. The lowest BCUT2D eigenvalue weighted by atomic mass is 10.0. The summed E-state index contributed by atoms with van der Waals surface area (Å²) in [5, 5.41) is 9.47. The van der Waals surface area contributed by atoms with Gasteiger partial charge in [0.05, 0.1) is 6.10 Å². The van der Waals surface area contributed by atoms with Gasteiger partial charge in [0.25, 0.3) is 0 Å². The maximum absolute atomic E-state index is 9.47. The van der Waals surface area contributed by atoms with Crippen LogP contribution in [-0.2, 0) is 4.74 Å². The van der Waals surface area contributed by atoms with E-state index in [1.807, 2.05) is 6.92 Å². The molecule has 1 aliphatic rings. The van der Waals surface area contributed by atoms with E-state index in [4.69, 9.17) is 4.74 Å². The van der Waals surface area contributed by atoms with Crippen LogP contribution in [0, 0.1) is 5.92 Å². The van der Waals surface area contributed by atoms with Crippen LogP contribution in [-0.4, -0.2) is 49.5 Å². The van der Waals surface area contributed by atoms with Crippen molar-refractivity contribution in [1.29, 1.82) is 0 Å². The van der Waals surface area contributed by atoms with Crippen molar-refractivity contribution >= 4 is 0 Å². The largest absolute Gasteiger partial charge is 0.393 e. The van der Waals surface area contributed by atoms with Crippen LogP contribution in [0.25, 0.3) is 0 Å². The van der Waals surface area contributed by atoms with Gasteiger partial charge in [0.15, 0.2) is 0 Å². The molecular weight excluding hydrogens is 190 g/mol. The molecule has 2 unspecified atom stereocenters. The number of rotatable bonds is 7. The Morgan fingerprint density at radius 2 is 2.20 bits per heavy atom. The maximum atomic E-state index is 9.47. The third kappa shape index (κ3) is 4.96. The van der Waals surface area contributed by atoms with E-state index in [1.54, 1.807) is 7.11 Å². The van der Waals surface area contributed by atoms with E-state index in [1.165, 1.54) is 32.4 Å². The Morgan fingerprint density at radius 3 is 2.80 bits per heavy atom. The fraction of sp³-hybridized carbons (Fsp3) is 1.00. The van der Waals surface area contributed by atoms with Gasteiger partial charge in [-0.15, -0.1) is 0 Å². The van der Waals surface area contributed by atoms with Crippen LogP contribution in [0.3, 0.4) is 0 Å². The van der Waals surface area contributed by atoms with Crippen molar-refractivity contribution in [2.45, 2.75) is 38.7 Å². The summed E-state index contributed by atoms with van der Waals surface area (Å²) >= 11 is 0. The summed E-state index contributed by atoms with van der Waals surface area (Å²) in [4.78, 5) is 2.48. The minimum atomic E-state index is -0.136. The van der Waals surface area contributed by atoms with Gasteiger partial charge in [-0.3, -0.25) is 0 Å². The molecule has 1 N–H and O–H groups in total. The van der Waals surface area contributed by atoms with Crippen molar-refractivity contribution in [2.75, 3.05) is 33.4 Å². The van der Waals surface area contributed by atoms with Gasteiger partial charge in [-0.2, -0.15) is 0 Å². The number of methoxy groups -OCH3 is 1. The molecule has 0 spiro atoms. The molecule has 0 saturated carbocycles. The van der Waals surface area contributed by atoms with Gasteiger partial charge in [-0.25, -0.2) is 0 Å². The first-order valence-corrected chi connectivity index (χ1v) is 6.13. The number of hydrogen-bond donors (Lipinski definition) is 1. The molecule has 1 heterocycles. The Hall–Kier alpha value is -0.120. The van der Waals surface area contributed by atoms with Crippen LogP contribution in [0.4, 0.5) is 0 Å². The van der Waals surface area contributed by atoms with E-state index >= 15 is 0 Å². The Balaban J connectivity index is 1.99. The molecule has 3 nitrogen and oxygen atoms in total. The third-order valence-electron chi connectivity index (χ3n) is 3.31. The molecule has 15 heavy (non-hydrogen) atoms. The minimum Gasteiger partial charge on any atom is -0.393 e. The Morgan fingerprint density at radius 1 is 1.40 bits per heavy atom. The van der Waals surface area contributed by atoms with Crippen LogP contribution < -0.4 is 0 Å². The molecule has 1 rings (SSSR count). The first-order valence-electron chi connectivity index (χ1n) is 6.13. The van der Waals surface area contributed by atoms with E-state index in [9.17, 15) is 5.11 Å². The summed E-state index contributed by atoms with van der Waals surface area (Å²) in [6.45, 7) is 6.23. The summed E-state index contributed by atoms with van der Waals surface area (Å²) in [6.07, 6.45) is 4.71. The second kappa shape index (κ2) is 7.20. The Bertz CT molecular complexity index is 162. The van der Waals surface area contributed by atoms with Crippen LogP contribution in [0.15, 0.2) is 0 Å². The molecule has 1 saturated heterocycles. The van der Waals surface area contributed by atoms with Gasteiger partial charge >= 0.3 is 0 Å². The summed E-state index contributed by atoms with van der Waals surface area (Å²) in [7, 11) is 1.76. The predicted octanol–water partition coefficient (Wildman–Crippen LogP) is 1.51. The zero-order valence-corrected chi connectivity index (χ0v) is 10.1. The number of likely N-dealkylation sites (tertiary alicyclic amines) is 1. The topological polar surface area (TPSA) is 32.7 Å². The summed E-state index contributed by atoms with van der Waals surface area (Å²) < 4.78 is 5.02. The van der Waals surface area contributed by atoms with Crippen LogP contribution >= 0.6 is 0 Å². The van der Waals surface area contributed by atoms with Gasteiger partial charge in [-0.1, -0.05) is 0 Å². The van der Waals surface area contributed by atoms with E-state index in [0.29, 0.717) is 5.92 Å². The summed E-state index contributed by atoms with van der Waals surface area (Å²) in [5.74, 6) is 0.504. The van der Waals surface area contributed by atoms with Gasteiger partial charge in [0.1, 0.15) is 0 Å². The molecule has 0 aliphatic carbocycles. The molecule has 0 radical (unpaired) electrons. The number of unbranched alkanes of at least 4 members (excludes halogenated alkanes) is 2. The summed E-state index contributed by atoms with van der Waals surface area (Å²) in [5.41, 5.74) is 0. The SMILES string of the molecule is COCCCCCN1CCC(C(C)O)C1. The molecule has 0 aromatic carbocycles. The summed E-state index contributed by atoms with van der Waals surface area (Å²) in [6, 6.07) is 0. The lowest BCUT2D eigenvalue weighted by Gasteiger charge is -2.17. The number of aliphatic hydroxyl groups is 1. The highest BCUT2D eigenvalue weighted by Crippen LogP contribution is 2.19. The molecule has 0 aromatic heterocycles. The van der Waals surface area contributed by atoms with Gasteiger partial charge < -0.3 is 14.7 Å². The molecule has 1 aliphatic heterocycles. The lowest BCUT2D eigenvalue weighted by molar-refractivity contribution is 0.127. The zero-order valence-electron chi connectivity index (χ0n) is 10.1. The van der Waals surface area contributed by atoms with Crippen molar-refractivity contribution in [1.82, 2.24) is 4.90 Å². The van der Waals surface area contributed by atoms with E-state index in [0.717, 1.165) is 19.6 Å². The van der Waals surface area contributed by atoms with Gasteiger partial charge in [0.2, 0.25) is 0 Å². The standard InChI is InChI=1S/C12H25NO2/c1-11(14)12-6-8-13(10-12)7-4-3-5-9-15-2/h11-12,14H,3-10H2,1-2H3. The number of hydrogen-bond acceptors (Lipinski definition) is 3. The monoisotopic (exact) mass is 215 g/mol. The van der Waals surface area contributed by atoms with Crippen molar-refractivity contribution < 1.29 is 9.84 Å². The first-order chi connectivity index (χ1) is 7.24. The Kier molecular flexibility index (Phi) is 6.22. The second-order valence-electron chi connectivity index (χ2n) is 4.64. The van der Waals surface area contributed by atoms with Crippen molar-refractivity contribution in [3.8, 4) is 0 Å². The fourth-order valence-corrected chi connectivity index (χ4v) is 2.22. The van der Waals surface area contributed by atoms with E-state index in [2.05, 4.69) is 4.90 Å². The van der Waals surface area contributed by atoms with E-state index < -0.39 is 0 Å². The van der Waals surface area contributed by atoms with Gasteiger partial charge in [-0.05, 0) is 51.6 Å². The van der Waals surface area contributed by atoms with Crippen LogP contribution in [0.5, 0.6) is 0 Å². The Labute approximate surface area is 93.4 Å². The quantitative estimate of drug-likeness (QED) is 0.653. The molecule has 1 fully saturated rings. The number of ether oxygens (including phenoxy) is 1. The van der Waals surface area contributed by atoms with Crippen LogP contribution in [0.2, 0.25) is 0 Å². The maximum Gasteiger partial charge on any atom is 0.0552 e. The number of nitrogens with zero attached hydrogens (tertiary/aromatic N) is 1. The molecule has 0 bridgehead atoms. The predicted molar refractivity (Wildman–Crippen MR) is 62.0 cm³/mol. The molecule has 2 atom stereocenters. The van der Waals surface area contributed by atoms with Crippen molar-refractivity contribution in [3.05, 3.63) is 0 Å². The van der Waals surface area contributed by atoms with E-state index in [-0.39, 0.29) is 6.10 Å². The normalized spacial score (nSPS) is 24.6. The van der Waals surface area contributed by atoms with Crippen LogP contribution in [0.1, 0.15) is 32.6 Å². The highest BCUT2D eigenvalue weighted by molar-refractivity contribution is 4.78. The zero-order chi connectivity index (χ0) is 11.1. The average molecular weight is 215 g/mol. The van der Waals surface area contributed by atoms with Gasteiger partial charge in [0, 0.05) is 20.3 Å². The average Bonchev–Trinajstić information content (AvgIpc) is 2.66. The number of aliphatic hydroxyl groups excluding tert-OH is 1. The van der Waals surface area contributed by atoms with Crippen molar-refractivity contribution in [2.24, 2.45) is 5.92 Å². The molecular formula is C12H25NO2. The second-order valence-corrected chi connectivity index (χ2v) is 4.64. The minimum absolute atomic E-state index is 0.136. The third-order valence-corrected chi connectivity index (χ3v) is 3.31. The first kappa shape index (κ1) is 12.9. The highest BCUT2D eigenvalue weighted by atomic mass is 16.5. The smallest absolute Gasteiger partial charge is 0.0552 e. The molecule has 0 aromatic rings. The highest BCUT2D eigenvalue weighted by Gasteiger charge is 2.25. The lowest BCUT2D eigenvalue weighted by Crippen LogP contribution is -2.25. The van der Waals surface area contributed by atoms with Crippen molar-refractivity contribution in [3.63, 3.8) is 0 Å².